The first-order valence-electron chi connectivity index (χ1n) is 4.93. The van der Waals surface area contributed by atoms with Gasteiger partial charge in [-0.05, 0) is 61.5 Å². The minimum atomic E-state index is 0.462. The number of phenolic OH excluding ortho intramolecular Hbond substituents is 1. The fourth-order valence-corrected chi connectivity index (χ4v) is 2.13. The highest BCUT2D eigenvalue weighted by molar-refractivity contribution is 7.98. The maximum absolute atomic E-state index is 9.76. The van der Waals surface area contributed by atoms with Crippen molar-refractivity contribution in [1.82, 2.24) is 0 Å². The number of benzene rings is 1. The predicted octanol–water partition coefficient (Wildman–Crippen LogP) is 3.30. The molecule has 0 saturated heterocycles. The first-order chi connectivity index (χ1) is 6.65. The van der Waals surface area contributed by atoms with Gasteiger partial charge in [-0.3, -0.25) is 0 Å². The average molecular weight is 210 g/mol. The molecule has 0 heterocycles. The highest BCUT2D eigenvalue weighted by atomic mass is 32.2. The summed E-state index contributed by atoms with van der Waals surface area (Å²) in [7, 11) is 0. The minimum Gasteiger partial charge on any atom is -0.508 e. The van der Waals surface area contributed by atoms with Crippen LogP contribution in [0.4, 0.5) is 0 Å². The molecule has 0 aromatic heterocycles. The largest absolute Gasteiger partial charge is 0.508 e. The molecule has 0 radical (unpaired) electrons. The Labute approximate surface area is 90.5 Å². The Morgan fingerprint density at radius 1 is 1.29 bits per heavy atom. The third-order valence-corrected chi connectivity index (χ3v) is 3.07. The lowest BCUT2D eigenvalue weighted by Gasteiger charge is -2.09. The number of rotatable bonds is 4. The summed E-state index contributed by atoms with van der Waals surface area (Å²) in [5.41, 5.74) is 3.46. The van der Waals surface area contributed by atoms with E-state index in [1.54, 1.807) is 0 Å². The van der Waals surface area contributed by atoms with Crippen LogP contribution in [0.2, 0.25) is 0 Å². The summed E-state index contributed by atoms with van der Waals surface area (Å²) >= 11 is 1.85. The van der Waals surface area contributed by atoms with Gasteiger partial charge in [0.2, 0.25) is 0 Å². The molecule has 0 unspecified atom stereocenters. The molecule has 0 fully saturated rings. The second kappa shape index (κ2) is 5.30. The Balaban J connectivity index is 2.75. The SMILES string of the molecule is CSCCCc1c(C)cc(C)cc1O. The van der Waals surface area contributed by atoms with Crippen molar-refractivity contribution in [3.63, 3.8) is 0 Å². The smallest absolute Gasteiger partial charge is 0.119 e. The lowest BCUT2D eigenvalue weighted by molar-refractivity contribution is 0.466. The number of phenols is 1. The molecule has 1 nitrogen and oxygen atoms in total. The van der Waals surface area contributed by atoms with E-state index in [2.05, 4.69) is 19.2 Å². The van der Waals surface area contributed by atoms with Crippen molar-refractivity contribution in [2.24, 2.45) is 0 Å². The Morgan fingerprint density at radius 3 is 2.57 bits per heavy atom. The van der Waals surface area contributed by atoms with Gasteiger partial charge in [-0.25, -0.2) is 0 Å². The summed E-state index contributed by atoms with van der Waals surface area (Å²) in [6, 6.07) is 3.98. The molecular formula is C12H18OS. The molecule has 0 saturated carbocycles. The molecule has 0 spiro atoms. The zero-order chi connectivity index (χ0) is 10.6. The van der Waals surface area contributed by atoms with Crippen LogP contribution in [0.1, 0.15) is 23.1 Å². The maximum Gasteiger partial charge on any atom is 0.119 e. The van der Waals surface area contributed by atoms with Crippen molar-refractivity contribution < 1.29 is 5.11 Å². The van der Waals surface area contributed by atoms with Crippen molar-refractivity contribution in [2.45, 2.75) is 26.7 Å². The molecule has 1 aromatic rings. The Morgan fingerprint density at radius 2 is 2.00 bits per heavy atom. The van der Waals surface area contributed by atoms with Crippen LogP contribution < -0.4 is 0 Å². The molecule has 2 heteroatoms. The minimum absolute atomic E-state index is 0.462. The zero-order valence-electron chi connectivity index (χ0n) is 9.13. The number of hydrogen-bond acceptors (Lipinski definition) is 2. The van der Waals surface area contributed by atoms with Gasteiger partial charge in [-0.2, -0.15) is 11.8 Å². The molecule has 0 atom stereocenters. The molecule has 1 N–H and O–H groups in total. The van der Waals surface area contributed by atoms with Crippen molar-refractivity contribution in [1.29, 1.82) is 0 Å². The van der Waals surface area contributed by atoms with Crippen LogP contribution in [-0.2, 0) is 6.42 Å². The predicted molar refractivity (Wildman–Crippen MR) is 64.3 cm³/mol. The van der Waals surface area contributed by atoms with Gasteiger partial charge in [0, 0.05) is 0 Å². The summed E-state index contributed by atoms with van der Waals surface area (Å²) < 4.78 is 0. The van der Waals surface area contributed by atoms with E-state index in [1.165, 1.54) is 5.56 Å². The Kier molecular flexibility index (Phi) is 4.33. The molecule has 1 rings (SSSR count). The van der Waals surface area contributed by atoms with Gasteiger partial charge in [0.05, 0.1) is 0 Å². The molecule has 78 valence electrons. The lowest BCUT2D eigenvalue weighted by atomic mass is 10.0. The molecule has 0 aliphatic carbocycles. The van der Waals surface area contributed by atoms with E-state index >= 15 is 0 Å². The van der Waals surface area contributed by atoms with Crippen LogP contribution in [0.25, 0.3) is 0 Å². The van der Waals surface area contributed by atoms with E-state index in [0.29, 0.717) is 5.75 Å². The van der Waals surface area contributed by atoms with Gasteiger partial charge in [0.25, 0.3) is 0 Å². The lowest BCUT2D eigenvalue weighted by Crippen LogP contribution is -1.93. The molecule has 14 heavy (non-hydrogen) atoms. The second-order valence-corrected chi connectivity index (χ2v) is 4.66. The van der Waals surface area contributed by atoms with Crippen molar-refractivity contribution in [3.8, 4) is 5.75 Å². The van der Waals surface area contributed by atoms with Crippen molar-refractivity contribution in [3.05, 3.63) is 28.8 Å². The maximum atomic E-state index is 9.76. The van der Waals surface area contributed by atoms with Gasteiger partial charge in [-0.15, -0.1) is 0 Å². The fourth-order valence-electron chi connectivity index (χ4n) is 1.69. The molecule has 0 aliphatic rings. The van der Waals surface area contributed by atoms with Crippen LogP contribution in [-0.4, -0.2) is 17.1 Å². The normalized spacial score (nSPS) is 10.5. The Hall–Kier alpha value is -0.630. The number of thioether (sulfide) groups is 1. The molecule has 0 aliphatic heterocycles. The van der Waals surface area contributed by atoms with E-state index in [0.717, 1.165) is 29.7 Å². The van der Waals surface area contributed by atoms with Crippen LogP contribution in [0, 0.1) is 13.8 Å². The molecule has 1 aromatic carbocycles. The van der Waals surface area contributed by atoms with E-state index in [4.69, 9.17) is 0 Å². The van der Waals surface area contributed by atoms with E-state index in [1.807, 2.05) is 24.8 Å². The van der Waals surface area contributed by atoms with Crippen LogP contribution in [0.5, 0.6) is 5.75 Å². The number of hydrogen-bond donors (Lipinski definition) is 1. The summed E-state index contributed by atoms with van der Waals surface area (Å²) in [5, 5.41) is 9.76. The Bertz CT molecular complexity index is 284. The standard InChI is InChI=1S/C12H18OS/c1-9-7-10(2)11(12(13)8-9)5-4-6-14-3/h7-8,13H,4-6H2,1-3H3. The van der Waals surface area contributed by atoms with Crippen LogP contribution >= 0.6 is 11.8 Å². The molecular weight excluding hydrogens is 192 g/mol. The third-order valence-electron chi connectivity index (χ3n) is 2.37. The van der Waals surface area contributed by atoms with E-state index in [9.17, 15) is 5.11 Å². The summed E-state index contributed by atoms with van der Waals surface area (Å²) in [6.07, 6.45) is 4.24. The fraction of sp³-hybridized carbons (Fsp3) is 0.500. The van der Waals surface area contributed by atoms with Crippen LogP contribution in [0.15, 0.2) is 12.1 Å². The molecule has 0 amide bonds. The first kappa shape index (κ1) is 11.4. The van der Waals surface area contributed by atoms with Gasteiger partial charge in [0.1, 0.15) is 5.75 Å². The van der Waals surface area contributed by atoms with Crippen molar-refractivity contribution >= 4 is 11.8 Å². The summed E-state index contributed by atoms with van der Waals surface area (Å²) in [5.74, 6) is 1.62. The summed E-state index contributed by atoms with van der Waals surface area (Å²) in [4.78, 5) is 0. The monoisotopic (exact) mass is 210 g/mol. The van der Waals surface area contributed by atoms with Gasteiger partial charge < -0.3 is 5.11 Å². The quantitative estimate of drug-likeness (QED) is 0.769. The number of aromatic hydroxyl groups is 1. The third kappa shape index (κ3) is 2.95. The van der Waals surface area contributed by atoms with Gasteiger partial charge in [-0.1, -0.05) is 6.07 Å². The van der Waals surface area contributed by atoms with Crippen LogP contribution in [0.3, 0.4) is 0 Å². The van der Waals surface area contributed by atoms with Crippen molar-refractivity contribution in [2.75, 3.05) is 12.0 Å². The average Bonchev–Trinajstić information content (AvgIpc) is 2.09. The summed E-state index contributed by atoms with van der Waals surface area (Å²) in [6.45, 7) is 4.08. The van der Waals surface area contributed by atoms with Gasteiger partial charge in [0.15, 0.2) is 0 Å². The highest BCUT2D eigenvalue weighted by Gasteiger charge is 2.05. The molecule has 0 bridgehead atoms. The highest BCUT2D eigenvalue weighted by Crippen LogP contribution is 2.24. The zero-order valence-corrected chi connectivity index (χ0v) is 9.95. The first-order valence-corrected chi connectivity index (χ1v) is 6.32. The second-order valence-electron chi connectivity index (χ2n) is 3.68. The number of aryl methyl sites for hydroxylation is 2. The topological polar surface area (TPSA) is 20.2 Å². The van der Waals surface area contributed by atoms with E-state index < -0.39 is 0 Å². The van der Waals surface area contributed by atoms with Gasteiger partial charge >= 0.3 is 0 Å². The van der Waals surface area contributed by atoms with E-state index in [-0.39, 0.29) is 0 Å².